The average molecular weight is 284 g/mol. The molecular weight excluding hydrogens is 272 g/mol. The predicted molar refractivity (Wildman–Crippen MR) is 73.5 cm³/mol. The van der Waals surface area contributed by atoms with Gasteiger partial charge in [0.25, 0.3) is 0 Å². The Kier molecular flexibility index (Phi) is 4.23. The summed E-state index contributed by atoms with van der Waals surface area (Å²) in [6.07, 6.45) is 0.536. The normalized spacial score (nSPS) is 12.4. The highest BCUT2D eigenvalue weighted by molar-refractivity contribution is 6.34. The standard InChI is InChI=1S/C14H12Cl2FN/c15-11-6-10(7-12(16)8-11)14(18)5-9-2-1-3-13(17)4-9/h1-4,6-8,14H,5,18H2. The van der Waals surface area contributed by atoms with Crippen LogP contribution >= 0.6 is 23.2 Å². The number of hydrogen-bond acceptors (Lipinski definition) is 1. The van der Waals surface area contributed by atoms with E-state index in [4.69, 9.17) is 28.9 Å². The number of benzene rings is 2. The molecule has 0 bridgehead atoms. The van der Waals surface area contributed by atoms with Gasteiger partial charge in [-0.2, -0.15) is 0 Å². The Morgan fingerprint density at radius 3 is 2.33 bits per heavy atom. The van der Waals surface area contributed by atoms with Crippen LogP contribution in [0.2, 0.25) is 10.0 Å². The number of rotatable bonds is 3. The van der Waals surface area contributed by atoms with E-state index in [0.717, 1.165) is 11.1 Å². The average Bonchev–Trinajstić information content (AvgIpc) is 2.27. The lowest BCUT2D eigenvalue weighted by Crippen LogP contribution is -2.13. The first-order chi connectivity index (χ1) is 8.54. The molecule has 0 aromatic heterocycles. The van der Waals surface area contributed by atoms with Gasteiger partial charge in [-0.05, 0) is 47.9 Å². The zero-order valence-electron chi connectivity index (χ0n) is 9.54. The molecule has 18 heavy (non-hydrogen) atoms. The molecule has 2 aromatic rings. The monoisotopic (exact) mass is 283 g/mol. The van der Waals surface area contributed by atoms with E-state index < -0.39 is 0 Å². The molecule has 0 aliphatic heterocycles. The van der Waals surface area contributed by atoms with Crippen molar-refractivity contribution in [3.8, 4) is 0 Å². The minimum atomic E-state index is -0.261. The number of nitrogens with two attached hydrogens (primary N) is 1. The summed E-state index contributed by atoms with van der Waals surface area (Å²) in [6, 6.07) is 11.3. The highest BCUT2D eigenvalue weighted by Gasteiger charge is 2.09. The summed E-state index contributed by atoms with van der Waals surface area (Å²) < 4.78 is 13.1. The van der Waals surface area contributed by atoms with Crippen LogP contribution in [-0.2, 0) is 6.42 Å². The van der Waals surface area contributed by atoms with Crippen molar-refractivity contribution in [1.82, 2.24) is 0 Å². The first-order valence-corrected chi connectivity index (χ1v) is 6.26. The van der Waals surface area contributed by atoms with E-state index in [1.807, 2.05) is 6.07 Å². The molecular formula is C14H12Cl2FN. The van der Waals surface area contributed by atoms with Crippen LogP contribution in [0.25, 0.3) is 0 Å². The fraction of sp³-hybridized carbons (Fsp3) is 0.143. The van der Waals surface area contributed by atoms with Crippen molar-refractivity contribution in [3.05, 3.63) is 69.5 Å². The lowest BCUT2D eigenvalue weighted by Gasteiger charge is -2.13. The summed E-state index contributed by atoms with van der Waals surface area (Å²) in [5, 5.41) is 1.10. The van der Waals surface area contributed by atoms with Gasteiger partial charge in [0.05, 0.1) is 0 Å². The maximum Gasteiger partial charge on any atom is 0.123 e. The van der Waals surface area contributed by atoms with Gasteiger partial charge in [-0.3, -0.25) is 0 Å². The third kappa shape index (κ3) is 3.45. The molecule has 0 fully saturated rings. The molecule has 2 rings (SSSR count). The van der Waals surface area contributed by atoms with E-state index in [1.54, 1.807) is 24.3 Å². The van der Waals surface area contributed by atoms with Gasteiger partial charge in [0.1, 0.15) is 5.82 Å². The third-order valence-corrected chi connectivity index (χ3v) is 3.09. The molecule has 0 heterocycles. The molecule has 1 nitrogen and oxygen atoms in total. The van der Waals surface area contributed by atoms with E-state index in [-0.39, 0.29) is 11.9 Å². The van der Waals surface area contributed by atoms with E-state index in [0.29, 0.717) is 16.5 Å². The summed E-state index contributed by atoms with van der Waals surface area (Å²) in [5.74, 6) is -0.260. The summed E-state index contributed by atoms with van der Waals surface area (Å²) in [6.45, 7) is 0. The molecule has 4 heteroatoms. The SMILES string of the molecule is NC(Cc1cccc(F)c1)c1cc(Cl)cc(Cl)c1. The van der Waals surface area contributed by atoms with Crippen LogP contribution < -0.4 is 5.73 Å². The van der Waals surface area contributed by atoms with Crippen molar-refractivity contribution < 1.29 is 4.39 Å². The largest absolute Gasteiger partial charge is 0.324 e. The second-order valence-electron chi connectivity index (χ2n) is 4.14. The molecule has 0 saturated carbocycles. The molecule has 0 amide bonds. The third-order valence-electron chi connectivity index (χ3n) is 2.66. The van der Waals surface area contributed by atoms with Crippen molar-refractivity contribution in [3.63, 3.8) is 0 Å². The van der Waals surface area contributed by atoms with Gasteiger partial charge >= 0.3 is 0 Å². The van der Waals surface area contributed by atoms with Crippen LogP contribution in [0.4, 0.5) is 4.39 Å². The van der Waals surface area contributed by atoms with Gasteiger partial charge in [0.15, 0.2) is 0 Å². The molecule has 2 aromatic carbocycles. The summed E-state index contributed by atoms with van der Waals surface area (Å²) in [5.41, 5.74) is 7.77. The van der Waals surface area contributed by atoms with Crippen molar-refractivity contribution in [2.24, 2.45) is 5.73 Å². The Morgan fingerprint density at radius 2 is 1.72 bits per heavy atom. The lowest BCUT2D eigenvalue weighted by molar-refractivity contribution is 0.622. The Labute approximate surface area is 115 Å². The van der Waals surface area contributed by atoms with Gasteiger partial charge in [0.2, 0.25) is 0 Å². The fourth-order valence-corrected chi connectivity index (χ4v) is 2.37. The molecule has 1 unspecified atom stereocenters. The molecule has 94 valence electrons. The lowest BCUT2D eigenvalue weighted by atomic mass is 10.00. The molecule has 1 atom stereocenters. The van der Waals surface area contributed by atoms with Crippen LogP contribution in [-0.4, -0.2) is 0 Å². The molecule has 2 N–H and O–H groups in total. The molecule has 0 spiro atoms. The summed E-state index contributed by atoms with van der Waals surface area (Å²) in [4.78, 5) is 0. The van der Waals surface area contributed by atoms with Gasteiger partial charge in [-0.1, -0.05) is 35.3 Å². The minimum absolute atomic E-state index is 0.260. The van der Waals surface area contributed by atoms with Gasteiger partial charge < -0.3 is 5.73 Å². The van der Waals surface area contributed by atoms with Crippen LogP contribution in [0.1, 0.15) is 17.2 Å². The summed E-state index contributed by atoms with van der Waals surface area (Å²) in [7, 11) is 0. The first kappa shape index (κ1) is 13.3. The summed E-state index contributed by atoms with van der Waals surface area (Å²) >= 11 is 11.8. The predicted octanol–water partition coefficient (Wildman–Crippen LogP) is 4.38. The second-order valence-corrected chi connectivity index (χ2v) is 5.02. The Balaban J connectivity index is 2.19. The van der Waals surface area contributed by atoms with Crippen LogP contribution in [0, 0.1) is 5.82 Å². The van der Waals surface area contributed by atoms with Crippen LogP contribution in [0.3, 0.4) is 0 Å². The van der Waals surface area contributed by atoms with E-state index in [9.17, 15) is 4.39 Å². The number of hydrogen-bond donors (Lipinski definition) is 1. The van der Waals surface area contributed by atoms with Gasteiger partial charge in [-0.25, -0.2) is 4.39 Å². The Hall–Kier alpha value is -1.09. The highest BCUT2D eigenvalue weighted by Crippen LogP contribution is 2.24. The molecule has 0 aliphatic rings. The van der Waals surface area contributed by atoms with E-state index >= 15 is 0 Å². The van der Waals surface area contributed by atoms with Gasteiger partial charge in [-0.15, -0.1) is 0 Å². The highest BCUT2D eigenvalue weighted by atomic mass is 35.5. The van der Waals surface area contributed by atoms with Gasteiger partial charge in [0, 0.05) is 16.1 Å². The van der Waals surface area contributed by atoms with Crippen molar-refractivity contribution >= 4 is 23.2 Å². The fourth-order valence-electron chi connectivity index (χ4n) is 1.82. The van der Waals surface area contributed by atoms with E-state index in [1.165, 1.54) is 12.1 Å². The Bertz CT molecular complexity index is 537. The first-order valence-electron chi connectivity index (χ1n) is 5.50. The smallest absolute Gasteiger partial charge is 0.123 e. The van der Waals surface area contributed by atoms with Crippen molar-refractivity contribution in [2.75, 3.05) is 0 Å². The van der Waals surface area contributed by atoms with E-state index in [2.05, 4.69) is 0 Å². The van der Waals surface area contributed by atoms with Crippen LogP contribution in [0.15, 0.2) is 42.5 Å². The quantitative estimate of drug-likeness (QED) is 0.889. The second kappa shape index (κ2) is 5.70. The topological polar surface area (TPSA) is 26.0 Å². The number of halogens is 3. The molecule has 0 radical (unpaired) electrons. The molecule has 0 saturated heterocycles. The van der Waals surface area contributed by atoms with Crippen molar-refractivity contribution in [2.45, 2.75) is 12.5 Å². The molecule has 0 aliphatic carbocycles. The minimum Gasteiger partial charge on any atom is -0.324 e. The Morgan fingerprint density at radius 1 is 1.06 bits per heavy atom. The zero-order chi connectivity index (χ0) is 13.1. The van der Waals surface area contributed by atoms with Crippen molar-refractivity contribution in [1.29, 1.82) is 0 Å². The zero-order valence-corrected chi connectivity index (χ0v) is 11.0. The maximum atomic E-state index is 13.1. The maximum absolute atomic E-state index is 13.1. The van der Waals surface area contributed by atoms with Crippen LogP contribution in [0.5, 0.6) is 0 Å².